The van der Waals surface area contributed by atoms with Gasteiger partial charge in [0.25, 0.3) is 0 Å². The number of carbonyl (C=O) groups is 5. The van der Waals surface area contributed by atoms with Crippen molar-refractivity contribution in [2.24, 2.45) is 5.41 Å². The molecule has 0 aliphatic rings. The van der Waals surface area contributed by atoms with E-state index in [2.05, 4.69) is 84.0 Å². The van der Waals surface area contributed by atoms with Crippen molar-refractivity contribution in [3.63, 3.8) is 0 Å². The van der Waals surface area contributed by atoms with Gasteiger partial charge < -0.3 is 43.7 Å². The molecule has 0 unspecified atom stereocenters. The Morgan fingerprint density at radius 1 is 0.419 bits per heavy atom. The van der Waals surface area contributed by atoms with Crippen molar-refractivity contribution in [1.29, 1.82) is 0 Å². The molecule has 12 rings (SSSR count). The number of carbonyl (C=O) groups excluding carboxylic acids is 3. The third kappa shape index (κ3) is 19.7. The molecule has 12 aromatic rings. The molecule has 105 heavy (non-hydrogen) atoms. The summed E-state index contributed by atoms with van der Waals surface area (Å²) in [4.78, 5) is 60.4. The number of phenolic OH excluding ortho intramolecular Hbond substituents is 1. The van der Waals surface area contributed by atoms with Crippen molar-refractivity contribution in [2.75, 3.05) is 6.61 Å². The van der Waals surface area contributed by atoms with E-state index < -0.39 is 17.4 Å². The van der Waals surface area contributed by atoms with E-state index in [4.69, 9.17) is 38.6 Å². The highest BCUT2D eigenvalue weighted by molar-refractivity contribution is 7.23. The number of ether oxygens (including phenoxy) is 6. The Kier molecular flexibility index (Phi) is 25.2. The quantitative estimate of drug-likeness (QED) is 0.0329. The van der Waals surface area contributed by atoms with Crippen molar-refractivity contribution in [3.8, 4) is 83.1 Å². The fraction of sp³-hybridized carbons (Fsp3) is 0.193. The lowest BCUT2D eigenvalue weighted by Gasteiger charge is -2.16. The van der Waals surface area contributed by atoms with Gasteiger partial charge in [0.05, 0.1) is 26.7 Å². The van der Waals surface area contributed by atoms with Crippen molar-refractivity contribution in [2.45, 2.75) is 100 Å². The predicted octanol–water partition coefficient (Wildman–Crippen LogP) is 24.2. The molecule has 0 radical (unpaired) electrons. The van der Waals surface area contributed by atoms with Gasteiger partial charge in [-0.05, 0) is 205 Å². The van der Waals surface area contributed by atoms with E-state index >= 15 is 0 Å². The molecule has 0 amide bonds. The Hall–Kier alpha value is -11.4. The number of hydrogen-bond acceptors (Lipinski definition) is 15. The van der Waals surface area contributed by atoms with Gasteiger partial charge >= 0.3 is 29.8 Å². The zero-order valence-electron chi connectivity index (χ0n) is 60.2. The molecule has 0 fully saturated rings. The van der Waals surface area contributed by atoms with Gasteiger partial charge in [-0.25, -0.2) is 14.4 Å². The largest absolute Gasteiger partial charge is 0.508 e. The number of aliphatic carboxylic acids is 2. The normalized spacial score (nSPS) is 11.5. The monoisotopic (exact) mass is 1460 g/mol. The third-order valence-electron chi connectivity index (χ3n) is 16.5. The van der Waals surface area contributed by atoms with Gasteiger partial charge in [0.15, 0.2) is 17.2 Å². The van der Waals surface area contributed by atoms with E-state index in [0.717, 1.165) is 108 Å². The molecule has 0 aliphatic heterocycles. The molecule has 17 heteroatoms. The van der Waals surface area contributed by atoms with E-state index in [9.17, 15) is 29.1 Å². The minimum atomic E-state index is -0.994. The van der Waals surface area contributed by atoms with Crippen LogP contribution in [0.25, 0.3) is 79.8 Å². The minimum absolute atomic E-state index is 0.233. The summed E-state index contributed by atoms with van der Waals surface area (Å²) in [7, 11) is 0. The number of carboxylic acid groups (broad SMARTS) is 2. The highest BCUT2D eigenvalue weighted by Crippen LogP contribution is 2.52. The first kappa shape index (κ1) is 76.3. The number of hydrogen-bond donors (Lipinski definition) is 3. The van der Waals surface area contributed by atoms with Gasteiger partial charge in [-0.1, -0.05) is 158 Å². The first-order valence-electron chi connectivity index (χ1n) is 34.4. The van der Waals surface area contributed by atoms with E-state index in [1.54, 1.807) is 78.2 Å². The predicted molar refractivity (Wildman–Crippen MR) is 425 cm³/mol. The van der Waals surface area contributed by atoms with Crippen molar-refractivity contribution in [1.82, 2.24) is 0 Å². The lowest BCUT2D eigenvalue weighted by Crippen LogP contribution is -2.25. The lowest BCUT2D eigenvalue weighted by molar-refractivity contribution is -0.143. The summed E-state index contributed by atoms with van der Waals surface area (Å²) in [6.07, 6.45) is 8.72. The van der Waals surface area contributed by atoms with Crippen LogP contribution in [-0.2, 0) is 28.7 Å². The standard InChI is InChI=1S/C31H30O5S.C29H26O5S.C28H26O4S/c1-19(2)23-8-6-7-9-24(23)29-28(35-21-13-10-20(11-14-21)12-17-27(32)33)25-16-15-22(18-26(25)37-29)36-30(34)31(3,4)5;1-4-27(32)33-21-14-15-24-25(17-21)35-29(23-8-6-5-7-22(23)18(2)3)28(24)34-20-12-9-19(10-13-20)11-16-26(30)31;1-4-31-26(30)16-11-19-9-13-21(14-10-19)32-27-24-15-12-20(29)17-25(24)33-28(27)23-8-6-5-7-22(23)18(2)3/h6-19H,1-5H3,(H,32,33);5-18H,4H2,1-3H3,(H,30,31);5-18,29H,4H2,1-3H3/b17-12+;2*16-11+. The Morgan fingerprint density at radius 3 is 1.10 bits per heavy atom. The van der Waals surface area contributed by atoms with Gasteiger partial charge in [0, 0.05) is 54.9 Å². The topological polar surface area (TPSA) is 201 Å². The molecule has 0 saturated carbocycles. The second-order valence-electron chi connectivity index (χ2n) is 26.4. The summed E-state index contributed by atoms with van der Waals surface area (Å²) >= 11 is 4.81. The van der Waals surface area contributed by atoms with Crippen LogP contribution in [0.15, 0.2) is 218 Å². The molecule has 9 aromatic carbocycles. The van der Waals surface area contributed by atoms with E-state index in [-0.39, 0.29) is 23.7 Å². The van der Waals surface area contributed by atoms with Crippen LogP contribution in [0.2, 0.25) is 0 Å². The second-order valence-corrected chi connectivity index (χ2v) is 29.6. The zero-order valence-corrected chi connectivity index (χ0v) is 62.7. The maximum atomic E-state index is 12.5. The van der Waals surface area contributed by atoms with Crippen LogP contribution >= 0.6 is 34.0 Å². The van der Waals surface area contributed by atoms with Gasteiger partial charge in [-0.2, -0.15) is 0 Å². The molecule has 0 atom stereocenters. The molecule has 536 valence electrons. The van der Waals surface area contributed by atoms with E-state index in [1.165, 1.54) is 34.9 Å². The summed E-state index contributed by atoms with van der Waals surface area (Å²) in [6, 6.07) is 63.6. The fourth-order valence-corrected chi connectivity index (χ4v) is 14.8. The number of esters is 3. The molecular formula is C88H82O14S3. The molecular weight excluding hydrogens is 1380 g/mol. The molecule has 0 aliphatic carbocycles. The molecule has 0 bridgehead atoms. The van der Waals surface area contributed by atoms with E-state index in [0.29, 0.717) is 59.5 Å². The summed E-state index contributed by atoms with van der Waals surface area (Å²) in [6.45, 7) is 22.4. The van der Waals surface area contributed by atoms with Gasteiger partial charge in [0.1, 0.15) is 34.5 Å². The average molecular weight is 1460 g/mol. The van der Waals surface area contributed by atoms with Crippen LogP contribution in [0.3, 0.4) is 0 Å². The number of rotatable bonds is 22. The summed E-state index contributed by atoms with van der Waals surface area (Å²) < 4.78 is 38.2. The number of fused-ring (bicyclic) bond motifs is 3. The van der Waals surface area contributed by atoms with Crippen molar-refractivity contribution in [3.05, 3.63) is 252 Å². The molecule has 0 saturated heterocycles. The van der Waals surface area contributed by atoms with Gasteiger partial charge in [0.2, 0.25) is 0 Å². The summed E-state index contributed by atoms with van der Waals surface area (Å²) in [5.74, 6) is 3.54. The van der Waals surface area contributed by atoms with Crippen LogP contribution in [0.4, 0.5) is 0 Å². The summed E-state index contributed by atoms with van der Waals surface area (Å²) in [5, 5.41) is 30.5. The molecule has 3 N–H and O–H groups in total. The Labute approximate surface area is 623 Å². The number of benzene rings is 9. The highest BCUT2D eigenvalue weighted by atomic mass is 32.1. The van der Waals surface area contributed by atoms with Crippen LogP contribution in [0.5, 0.6) is 51.7 Å². The van der Waals surface area contributed by atoms with Crippen LogP contribution in [0, 0.1) is 5.41 Å². The van der Waals surface area contributed by atoms with Gasteiger partial charge in [-0.15, -0.1) is 34.0 Å². The molecule has 14 nitrogen and oxygen atoms in total. The second kappa shape index (κ2) is 34.7. The van der Waals surface area contributed by atoms with Crippen LogP contribution in [-0.4, -0.2) is 51.8 Å². The Balaban J connectivity index is 0.000000169. The number of carboxylic acids is 2. The van der Waals surface area contributed by atoms with Crippen molar-refractivity contribution < 1.29 is 67.7 Å². The SMILES string of the molecule is CC(C)c1ccccc1-c1sc2cc(OC(=O)C(C)(C)C)ccc2c1Oc1ccc(/C=C/C(=O)O)cc1.CCC(=O)Oc1ccc2c(Oc3ccc(/C=C/C(=O)O)cc3)c(-c3ccccc3C(C)C)sc2c1.CCOC(=O)/C=C/c1ccc(Oc2c(-c3ccccc3C(C)C)sc3cc(O)ccc23)cc1. The zero-order chi connectivity index (χ0) is 75.1. The number of phenols is 1. The molecule has 0 spiro atoms. The Morgan fingerprint density at radius 2 is 0.752 bits per heavy atom. The van der Waals surface area contributed by atoms with Crippen molar-refractivity contribution >= 4 is 112 Å². The fourth-order valence-electron chi connectivity index (χ4n) is 11.2. The number of aromatic hydroxyl groups is 1. The molecule has 3 aromatic heterocycles. The van der Waals surface area contributed by atoms with Crippen LogP contribution in [0.1, 0.15) is 134 Å². The van der Waals surface area contributed by atoms with E-state index in [1.807, 2.05) is 154 Å². The Bertz CT molecular complexity index is 5190. The van der Waals surface area contributed by atoms with Gasteiger partial charge in [-0.3, -0.25) is 9.59 Å². The first-order chi connectivity index (χ1) is 50.3. The molecule has 3 heterocycles. The summed E-state index contributed by atoms with van der Waals surface area (Å²) in [5.41, 5.74) is 8.82. The average Bonchev–Trinajstić information content (AvgIpc) is 1.64. The lowest BCUT2D eigenvalue weighted by atomic mass is 9.96. The maximum absolute atomic E-state index is 12.5. The smallest absolute Gasteiger partial charge is 0.330 e. The minimum Gasteiger partial charge on any atom is -0.508 e. The number of thiophene rings is 3. The maximum Gasteiger partial charge on any atom is 0.330 e. The third-order valence-corrected chi connectivity index (χ3v) is 20.0. The van der Waals surface area contributed by atoms with Crippen LogP contribution < -0.4 is 23.7 Å². The first-order valence-corrected chi connectivity index (χ1v) is 36.9. The highest BCUT2D eigenvalue weighted by Gasteiger charge is 2.27.